The highest BCUT2D eigenvalue weighted by Crippen LogP contribution is 2.36. The van der Waals surface area contributed by atoms with Crippen molar-refractivity contribution in [1.82, 2.24) is 0 Å². The van der Waals surface area contributed by atoms with Crippen LogP contribution in [-0.2, 0) is 0 Å². The lowest BCUT2D eigenvalue weighted by Gasteiger charge is -1.98. The smallest absolute Gasteiger partial charge is 0.265 e. The maximum Gasteiger partial charge on any atom is 0.289 e. The Morgan fingerprint density at radius 1 is 1.00 bits per heavy atom. The molecule has 0 saturated heterocycles. The van der Waals surface area contributed by atoms with Gasteiger partial charge in [-0.1, -0.05) is 54.5 Å². The second kappa shape index (κ2) is 7.73. The summed E-state index contributed by atoms with van der Waals surface area (Å²) in [5, 5.41) is 1.94. The van der Waals surface area contributed by atoms with Crippen molar-refractivity contribution >= 4 is 78.1 Å². The number of alkyl halides is 2. The van der Waals surface area contributed by atoms with Crippen LogP contribution in [0.5, 0.6) is 0 Å². The Labute approximate surface area is 116 Å². The molecule has 0 aliphatic rings. The van der Waals surface area contributed by atoms with Gasteiger partial charge in [0.05, 0.1) is 8.42 Å². The van der Waals surface area contributed by atoms with E-state index in [9.17, 15) is 4.79 Å². The average molecular weight is 396 g/mol. The predicted octanol–water partition coefficient (Wildman–Crippen LogP) is 4.14. The van der Waals surface area contributed by atoms with Gasteiger partial charge in [-0.3, -0.25) is 4.79 Å². The first kappa shape index (κ1) is 13.6. The van der Waals surface area contributed by atoms with E-state index in [-0.39, 0.29) is 4.06 Å². The lowest BCUT2D eigenvalue weighted by Crippen LogP contribution is -1.79. The van der Waals surface area contributed by atoms with Crippen molar-refractivity contribution in [1.29, 1.82) is 0 Å². The highest BCUT2D eigenvalue weighted by atomic mass is 79.9. The number of hydrogen-bond acceptors (Lipinski definition) is 5. The molecule has 0 bridgehead atoms. The first-order chi connectivity index (χ1) is 6.77. The molecule has 0 spiro atoms. The van der Waals surface area contributed by atoms with Crippen molar-refractivity contribution < 1.29 is 0 Å². The van der Waals surface area contributed by atoms with Crippen molar-refractivity contribution in [3.8, 4) is 0 Å². The SMILES string of the molecule is O=c1sc(SCCBr)c(SCCBr)s1. The molecule has 1 rings (SSSR count). The summed E-state index contributed by atoms with van der Waals surface area (Å²) in [6, 6.07) is 0. The minimum Gasteiger partial charge on any atom is -0.265 e. The molecule has 0 radical (unpaired) electrons. The number of thioether (sulfide) groups is 2. The lowest BCUT2D eigenvalue weighted by atomic mass is 11.0. The van der Waals surface area contributed by atoms with E-state index in [0.29, 0.717) is 0 Å². The molecule has 0 fully saturated rings. The normalized spacial score (nSPS) is 10.7. The summed E-state index contributed by atoms with van der Waals surface area (Å²) in [7, 11) is 0. The van der Waals surface area contributed by atoms with Gasteiger partial charge in [-0.05, 0) is 0 Å². The summed E-state index contributed by atoms with van der Waals surface area (Å²) in [5.41, 5.74) is 0. The molecule has 1 aromatic rings. The van der Waals surface area contributed by atoms with Gasteiger partial charge in [-0.15, -0.1) is 23.5 Å². The zero-order valence-electron chi connectivity index (χ0n) is 7.13. The first-order valence-corrected chi connectivity index (χ1v) is 9.64. The molecule has 0 saturated carbocycles. The van der Waals surface area contributed by atoms with Gasteiger partial charge >= 0.3 is 0 Å². The van der Waals surface area contributed by atoms with Crippen molar-refractivity contribution in [3.63, 3.8) is 0 Å². The monoisotopic (exact) mass is 394 g/mol. The molecule has 0 unspecified atom stereocenters. The van der Waals surface area contributed by atoms with Crippen LogP contribution in [0.15, 0.2) is 13.2 Å². The summed E-state index contributed by atoms with van der Waals surface area (Å²) >= 11 is 13.0. The Morgan fingerprint density at radius 3 is 1.79 bits per heavy atom. The quantitative estimate of drug-likeness (QED) is 0.532. The van der Waals surface area contributed by atoms with Crippen LogP contribution in [-0.4, -0.2) is 22.2 Å². The van der Waals surface area contributed by atoms with Crippen LogP contribution in [0.3, 0.4) is 0 Å². The molecule has 0 aromatic carbocycles. The fourth-order valence-electron chi connectivity index (χ4n) is 0.695. The predicted molar refractivity (Wildman–Crippen MR) is 77.5 cm³/mol. The van der Waals surface area contributed by atoms with Crippen LogP contribution in [0.2, 0.25) is 0 Å². The molecule has 0 aliphatic carbocycles. The first-order valence-electron chi connectivity index (χ1n) is 3.79. The average Bonchev–Trinajstić information content (AvgIpc) is 2.52. The van der Waals surface area contributed by atoms with Gasteiger partial charge in [0.15, 0.2) is 0 Å². The molecule has 0 amide bonds. The third-order valence-electron chi connectivity index (χ3n) is 1.14. The van der Waals surface area contributed by atoms with Gasteiger partial charge < -0.3 is 0 Å². The third kappa shape index (κ3) is 4.57. The molecule has 0 atom stereocenters. The largest absolute Gasteiger partial charge is 0.289 e. The van der Waals surface area contributed by atoms with Crippen LogP contribution < -0.4 is 4.06 Å². The van der Waals surface area contributed by atoms with Crippen molar-refractivity contribution in [2.75, 3.05) is 22.2 Å². The zero-order valence-corrected chi connectivity index (χ0v) is 13.6. The molecule has 0 aliphatic heterocycles. The summed E-state index contributed by atoms with van der Waals surface area (Å²) in [5.74, 6) is 2.04. The van der Waals surface area contributed by atoms with Gasteiger partial charge in [0.25, 0.3) is 4.06 Å². The third-order valence-corrected chi connectivity index (χ3v) is 8.07. The molecule has 80 valence electrons. The summed E-state index contributed by atoms with van der Waals surface area (Å²) in [6.45, 7) is 0. The van der Waals surface area contributed by atoms with E-state index in [1.54, 1.807) is 23.5 Å². The highest BCUT2D eigenvalue weighted by molar-refractivity contribution is 9.09. The number of hydrogen-bond donors (Lipinski definition) is 0. The van der Waals surface area contributed by atoms with E-state index < -0.39 is 0 Å². The fraction of sp³-hybridized carbons (Fsp3) is 0.571. The van der Waals surface area contributed by atoms with Gasteiger partial charge in [-0.25, -0.2) is 0 Å². The van der Waals surface area contributed by atoms with E-state index in [1.807, 2.05) is 0 Å². The van der Waals surface area contributed by atoms with E-state index in [1.165, 1.54) is 31.1 Å². The second-order valence-corrected chi connectivity index (χ2v) is 8.64. The Hall–Kier alpha value is 1.51. The van der Waals surface area contributed by atoms with Crippen molar-refractivity contribution in [3.05, 3.63) is 8.85 Å². The van der Waals surface area contributed by atoms with E-state index in [4.69, 9.17) is 0 Å². The number of halogens is 2. The molecule has 0 N–H and O–H groups in total. The van der Waals surface area contributed by atoms with Gasteiger partial charge in [-0.2, -0.15) is 0 Å². The lowest BCUT2D eigenvalue weighted by molar-refractivity contribution is 1.46. The summed E-state index contributed by atoms with van der Waals surface area (Å²) in [6.07, 6.45) is 0. The Bertz CT molecular complexity index is 293. The van der Waals surface area contributed by atoms with Gasteiger partial charge in [0, 0.05) is 22.2 Å². The standard InChI is InChI=1S/C7H8Br2OS4/c8-1-3-11-5-6(12-4-2-9)14-7(10)13-5/h1-4H2. The molecule has 1 heterocycles. The second-order valence-electron chi connectivity index (χ2n) is 2.10. The molecule has 1 aromatic heterocycles. The summed E-state index contributed by atoms with van der Waals surface area (Å²) < 4.78 is 2.58. The topological polar surface area (TPSA) is 17.1 Å². The number of rotatable bonds is 6. The van der Waals surface area contributed by atoms with E-state index in [0.717, 1.165) is 22.2 Å². The van der Waals surface area contributed by atoms with Crippen molar-refractivity contribution in [2.45, 2.75) is 8.42 Å². The van der Waals surface area contributed by atoms with Gasteiger partial charge in [0.2, 0.25) is 0 Å². The Kier molecular flexibility index (Phi) is 7.49. The molecular formula is C7H8Br2OS4. The minimum atomic E-state index is 0.208. The fourth-order valence-corrected chi connectivity index (χ4v) is 6.51. The minimum absolute atomic E-state index is 0.208. The van der Waals surface area contributed by atoms with Crippen LogP contribution in [0.1, 0.15) is 0 Å². The maximum absolute atomic E-state index is 11.2. The van der Waals surface area contributed by atoms with Gasteiger partial charge in [0.1, 0.15) is 0 Å². The maximum atomic E-state index is 11.2. The highest BCUT2D eigenvalue weighted by Gasteiger charge is 2.09. The van der Waals surface area contributed by atoms with Crippen LogP contribution in [0, 0.1) is 0 Å². The zero-order chi connectivity index (χ0) is 10.4. The van der Waals surface area contributed by atoms with E-state index >= 15 is 0 Å². The molecular weight excluding hydrogens is 388 g/mol. The Balaban J connectivity index is 2.64. The van der Waals surface area contributed by atoms with Crippen LogP contribution in [0.4, 0.5) is 0 Å². The Morgan fingerprint density at radius 2 is 1.43 bits per heavy atom. The van der Waals surface area contributed by atoms with Crippen molar-refractivity contribution in [2.24, 2.45) is 0 Å². The van der Waals surface area contributed by atoms with Crippen LogP contribution >= 0.6 is 78.1 Å². The molecule has 14 heavy (non-hydrogen) atoms. The van der Waals surface area contributed by atoms with Crippen LogP contribution in [0.25, 0.3) is 0 Å². The molecule has 7 heteroatoms. The summed E-state index contributed by atoms with van der Waals surface area (Å²) in [4.78, 5) is 11.2. The van der Waals surface area contributed by atoms with E-state index in [2.05, 4.69) is 31.9 Å². The molecule has 1 nitrogen and oxygen atoms in total.